The molecule has 0 aromatic carbocycles. The van der Waals surface area contributed by atoms with Crippen molar-refractivity contribution in [2.45, 2.75) is 19.8 Å². The second-order valence-electron chi connectivity index (χ2n) is 5.75. The maximum Gasteiger partial charge on any atom is 0.327 e. The van der Waals surface area contributed by atoms with Crippen molar-refractivity contribution < 1.29 is 0 Å². The van der Waals surface area contributed by atoms with E-state index in [4.69, 9.17) is 0 Å². The van der Waals surface area contributed by atoms with E-state index in [1.54, 1.807) is 0 Å². The fraction of sp³-hybridized carbons (Fsp3) is 0.214. The summed E-state index contributed by atoms with van der Waals surface area (Å²) in [6.45, 7) is 3.71. The van der Waals surface area contributed by atoms with Gasteiger partial charge in [0, 0.05) is 18.1 Å². The van der Waals surface area contributed by atoms with E-state index in [1.165, 1.54) is 0 Å². The second kappa shape index (κ2) is 7.07. The summed E-state index contributed by atoms with van der Waals surface area (Å²) in [5.41, 5.74) is -2.58. The molecule has 0 aliphatic rings. The van der Waals surface area contributed by atoms with E-state index in [9.17, 15) is 19.2 Å². The summed E-state index contributed by atoms with van der Waals surface area (Å²) in [6, 6.07) is 2.25. The van der Waals surface area contributed by atoms with E-state index in [-0.39, 0.29) is 29.5 Å². The van der Waals surface area contributed by atoms with Crippen LogP contribution in [0.1, 0.15) is 25.6 Å². The molecule has 0 amide bonds. The fourth-order valence-corrected chi connectivity index (χ4v) is 2.08. The van der Waals surface area contributed by atoms with Gasteiger partial charge in [0.25, 0.3) is 11.1 Å². The minimum Gasteiger partial charge on any atom is -0.310 e. The Morgan fingerprint density at radius 1 is 0.741 bits per heavy atom. The molecule has 3 aromatic rings. The van der Waals surface area contributed by atoms with E-state index < -0.39 is 22.5 Å². The highest BCUT2D eigenvalue weighted by atomic mass is 16.2. The zero-order valence-electron chi connectivity index (χ0n) is 14.2. The Labute approximate surface area is 149 Å². The van der Waals surface area contributed by atoms with Crippen molar-refractivity contribution in [2.24, 2.45) is 0 Å². The van der Waals surface area contributed by atoms with Crippen molar-refractivity contribution in [3.63, 3.8) is 0 Å². The van der Waals surface area contributed by atoms with E-state index >= 15 is 0 Å². The van der Waals surface area contributed by atoms with Crippen LogP contribution in [0.3, 0.4) is 0 Å². The molecule has 6 N–H and O–H groups in total. The maximum absolute atomic E-state index is 11.4. The van der Waals surface area contributed by atoms with Crippen molar-refractivity contribution in [1.29, 1.82) is 0 Å². The smallest absolute Gasteiger partial charge is 0.310 e. The third-order valence-electron chi connectivity index (χ3n) is 3.18. The third kappa shape index (κ3) is 4.53. The van der Waals surface area contributed by atoms with Gasteiger partial charge in [-0.05, 0) is 0 Å². The van der Waals surface area contributed by atoms with Gasteiger partial charge in [0.1, 0.15) is 17.5 Å². The Morgan fingerprint density at radius 3 is 1.56 bits per heavy atom. The Bertz CT molecular complexity index is 1060. The monoisotopic (exact) mass is 373 g/mol. The van der Waals surface area contributed by atoms with Crippen molar-refractivity contribution >= 4 is 23.5 Å². The van der Waals surface area contributed by atoms with E-state index in [2.05, 4.69) is 35.6 Å². The van der Waals surface area contributed by atoms with Gasteiger partial charge in [-0.25, -0.2) is 9.59 Å². The molecule has 0 radical (unpaired) electrons. The van der Waals surface area contributed by atoms with Crippen LogP contribution in [0.2, 0.25) is 0 Å². The molecule has 27 heavy (non-hydrogen) atoms. The standard InChI is InChI=1S/C14H15N9O4/c1-5(2)10-21-11(15-6-3-8(24)19-13(26)17-6)23-12(22-10)16-7-4-9(25)20-14(27)18-7/h3-5H,1-2H3,(H6,15,16,17,18,19,20,21,22,23,24,25,26,27). The largest absolute Gasteiger partial charge is 0.327 e. The predicted octanol–water partition coefficient (Wildman–Crippen LogP) is -0.765. The lowest BCUT2D eigenvalue weighted by atomic mass is 10.2. The molecule has 0 aliphatic heterocycles. The molecule has 0 unspecified atom stereocenters. The number of aromatic amines is 4. The number of H-pyrrole nitrogens is 4. The summed E-state index contributed by atoms with van der Waals surface area (Å²) in [5, 5.41) is 5.42. The van der Waals surface area contributed by atoms with Crippen LogP contribution in [0, 0.1) is 0 Å². The first-order valence-corrected chi connectivity index (χ1v) is 7.76. The molecule has 0 saturated heterocycles. The quantitative estimate of drug-likeness (QED) is 0.333. The Kier molecular flexibility index (Phi) is 4.66. The number of nitrogens with one attached hydrogen (secondary N) is 6. The van der Waals surface area contributed by atoms with Crippen LogP contribution in [0.4, 0.5) is 23.5 Å². The highest BCUT2D eigenvalue weighted by Crippen LogP contribution is 2.17. The molecule has 0 spiro atoms. The van der Waals surface area contributed by atoms with Crippen LogP contribution in [-0.2, 0) is 0 Å². The lowest BCUT2D eigenvalue weighted by Crippen LogP contribution is -2.23. The number of hydrogen-bond donors (Lipinski definition) is 6. The van der Waals surface area contributed by atoms with E-state index in [1.807, 2.05) is 23.8 Å². The first kappa shape index (κ1) is 17.8. The molecule has 140 valence electrons. The van der Waals surface area contributed by atoms with Crippen LogP contribution < -0.4 is 33.1 Å². The number of rotatable bonds is 5. The normalized spacial score (nSPS) is 10.8. The highest BCUT2D eigenvalue weighted by molar-refractivity contribution is 5.52. The average molecular weight is 373 g/mol. The van der Waals surface area contributed by atoms with Gasteiger partial charge in [-0.1, -0.05) is 13.8 Å². The van der Waals surface area contributed by atoms with Gasteiger partial charge in [-0.15, -0.1) is 0 Å². The molecule has 0 saturated carbocycles. The lowest BCUT2D eigenvalue weighted by Gasteiger charge is -2.11. The minimum atomic E-state index is -0.692. The van der Waals surface area contributed by atoms with Crippen LogP contribution in [0.5, 0.6) is 0 Å². The lowest BCUT2D eigenvalue weighted by molar-refractivity contribution is 0.766. The van der Waals surface area contributed by atoms with Crippen LogP contribution in [0.15, 0.2) is 31.3 Å². The topological polar surface area (TPSA) is 194 Å². The summed E-state index contributed by atoms with van der Waals surface area (Å²) in [7, 11) is 0. The summed E-state index contributed by atoms with van der Waals surface area (Å²) in [5.74, 6) is 0.578. The predicted molar refractivity (Wildman–Crippen MR) is 95.8 cm³/mol. The van der Waals surface area contributed by atoms with Gasteiger partial charge in [-0.3, -0.25) is 29.5 Å². The molecule has 13 nitrogen and oxygen atoms in total. The van der Waals surface area contributed by atoms with E-state index in [0.29, 0.717) is 5.82 Å². The van der Waals surface area contributed by atoms with Crippen LogP contribution in [-0.4, -0.2) is 34.9 Å². The van der Waals surface area contributed by atoms with Gasteiger partial charge in [0.15, 0.2) is 0 Å². The molecule has 3 rings (SSSR count). The van der Waals surface area contributed by atoms with E-state index in [0.717, 1.165) is 12.1 Å². The molecular formula is C14H15N9O4. The second-order valence-corrected chi connectivity index (χ2v) is 5.75. The van der Waals surface area contributed by atoms with Crippen molar-refractivity contribution in [3.05, 3.63) is 59.6 Å². The maximum atomic E-state index is 11.4. The number of hydrogen-bond acceptors (Lipinski definition) is 9. The zero-order valence-corrected chi connectivity index (χ0v) is 14.2. The van der Waals surface area contributed by atoms with Crippen molar-refractivity contribution in [1.82, 2.24) is 34.9 Å². The average Bonchev–Trinajstić information content (AvgIpc) is 2.52. The van der Waals surface area contributed by atoms with Crippen LogP contribution in [0.25, 0.3) is 0 Å². The Morgan fingerprint density at radius 2 is 1.19 bits per heavy atom. The molecule has 0 aliphatic carbocycles. The van der Waals surface area contributed by atoms with Crippen molar-refractivity contribution in [3.8, 4) is 0 Å². The summed E-state index contributed by atoms with van der Waals surface area (Å²) >= 11 is 0. The molecule has 3 aromatic heterocycles. The summed E-state index contributed by atoms with van der Waals surface area (Å²) in [6.07, 6.45) is 0. The van der Waals surface area contributed by atoms with Crippen molar-refractivity contribution in [2.75, 3.05) is 10.6 Å². The minimum absolute atomic E-state index is 0.0460. The molecule has 0 fully saturated rings. The van der Waals surface area contributed by atoms with Gasteiger partial charge >= 0.3 is 11.4 Å². The first-order valence-electron chi connectivity index (χ1n) is 7.76. The Balaban J connectivity index is 1.99. The first-order chi connectivity index (χ1) is 12.8. The molecular weight excluding hydrogens is 358 g/mol. The molecule has 3 heterocycles. The SMILES string of the molecule is CC(C)c1nc(Nc2cc(=O)[nH]c(=O)[nH]2)nc(Nc2cc(=O)[nH]c(=O)[nH]2)n1. The molecule has 0 bridgehead atoms. The Hall–Kier alpha value is -4.03. The summed E-state index contributed by atoms with van der Waals surface area (Å²) < 4.78 is 0. The molecule has 0 atom stereocenters. The number of nitrogens with zero attached hydrogens (tertiary/aromatic N) is 3. The van der Waals surface area contributed by atoms with Gasteiger partial charge in [0.05, 0.1) is 0 Å². The number of anilines is 4. The molecule has 13 heteroatoms. The number of aromatic nitrogens is 7. The fourth-order valence-electron chi connectivity index (χ4n) is 2.08. The van der Waals surface area contributed by atoms with Gasteiger partial charge in [-0.2, -0.15) is 15.0 Å². The van der Waals surface area contributed by atoms with Crippen LogP contribution >= 0.6 is 0 Å². The summed E-state index contributed by atoms with van der Waals surface area (Å²) in [4.78, 5) is 66.9. The zero-order chi connectivity index (χ0) is 19.6. The van der Waals surface area contributed by atoms with Gasteiger partial charge < -0.3 is 10.6 Å². The van der Waals surface area contributed by atoms with Gasteiger partial charge in [0.2, 0.25) is 11.9 Å². The third-order valence-corrected chi connectivity index (χ3v) is 3.18. The highest BCUT2D eigenvalue weighted by Gasteiger charge is 2.11.